The first-order valence-electron chi connectivity index (χ1n) is 6.82. The number of nitrogens with zero attached hydrogens (tertiary/aromatic N) is 1. The molecule has 0 saturated carbocycles. The first-order valence-corrected chi connectivity index (χ1v) is 6.82. The van der Waals surface area contributed by atoms with Crippen LogP contribution in [0.3, 0.4) is 0 Å². The molecule has 0 radical (unpaired) electrons. The lowest BCUT2D eigenvalue weighted by atomic mass is 10.1. The van der Waals surface area contributed by atoms with Gasteiger partial charge in [0.1, 0.15) is 0 Å². The van der Waals surface area contributed by atoms with Gasteiger partial charge in [0.05, 0.1) is 6.42 Å². The Labute approximate surface area is 110 Å². The van der Waals surface area contributed by atoms with E-state index in [0.29, 0.717) is 13.0 Å². The molecule has 1 unspecified atom stereocenters. The molecule has 0 aromatic heterocycles. The van der Waals surface area contributed by atoms with Crippen molar-refractivity contribution < 1.29 is 14.7 Å². The number of urea groups is 1. The Kier molecular flexibility index (Phi) is 9.06. The summed E-state index contributed by atoms with van der Waals surface area (Å²) in [7, 11) is 0. The van der Waals surface area contributed by atoms with Gasteiger partial charge >= 0.3 is 12.0 Å². The number of amides is 2. The zero-order valence-corrected chi connectivity index (χ0v) is 11.7. The molecule has 0 fully saturated rings. The molecule has 0 bridgehead atoms. The summed E-state index contributed by atoms with van der Waals surface area (Å²) in [5.41, 5.74) is 0. The van der Waals surface area contributed by atoms with E-state index in [2.05, 4.69) is 12.2 Å². The van der Waals surface area contributed by atoms with Crippen molar-refractivity contribution in [3.63, 3.8) is 0 Å². The standard InChI is InChI=1S/C13H26N2O3/c1-4-7-9-15(6-3)13(18)14-11(8-5-2)10-12(16)17/h11H,4-10H2,1-3H3,(H,14,18)(H,16,17). The second-order valence-corrected chi connectivity index (χ2v) is 4.47. The SMILES string of the molecule is CCCCN(CC)C(=O)NC(CCC)CC(=O)O. The molecule has 0 saturated heterocycles. The number of hydrogen-bond donors (Lipinski definition) is 2. The first-order chi connectivity index (χ1) is 8.54. The highest BCUT2D eigenvalue weighted by atomic mass is 16.4. The van der Waals surface area contributed by atoms with Crippen LogP contribution in [0.4, 0.5) is 4.79 Å². The van der Waals surface area contributed by atoms with Crippen molar-refractivity contribution in [2.24, 2.45) is 0 Å². The van der Waals surface area contributed by atoms with Crippen molar-refractivity contribution in [3.05, 3.63) is 0 Å². The van der Waals surface area contributed by atoms with Crippen LogP contribution >= 0.6 is 0 Å². The van der Waals surface area contributed by atoms with E-state index in [1.54, 1.807) is 4.90 Å². The van der Waals surface area contributed by atoms with Gasteiger partial charge in [-0.25, -0.2) is 4.79 Å². The number of nitrogens with one attached hydrogen (secondary N) is 1. The minimum Gasteiger partial charge on any atom is -0.481 e. The fourth-order valence-corrected chi connectivity index (χ4v) is 1.80. The second-order valence-electron chi connectivity index (χ2n) is 4.47. The van der Waals surface area contributed by atoms with Gasteiger partial charge in [0, 0.05) is 19.1 Å². The van der Waals surface area contributed by atoms with Crippen molar-refractivity contribution in [3.8, 4) is 0 Å². The fourth-order valence-electron chi connectivity index (χ4n) is 1.80. The summed E-state index contributed by atoms with van der Waals surface area (Å²) in [5.74, 6) is -0.870. The van der Waals surface area contributed by atoms with Gasteiger partial charge in [0.15, 0.2) is 0 Å². The maximum absolute atomic E-state index is 12.0. The normalized spacial score (nSPS) is 11.9. The van der Waals surface area contributed by atoms with Gasteiger partial charge in [-0.1, -0.05) is 26.7 Å². The van der Waals surface area contributed by atoms with Gasteiger partial charge in [-0.3, -0.25) is 4.79 Å². The van der Waals surface area contributed by atoms with Crippen LogP contribution in [0, 0.1) is 0 Å². The lowest BCUT2D eigenvalue weighted by Crippen LogP contribution is -2.45. The van der Waals surface area contributed by atoms with Crippen LogP contribution in [-0.2, 0) is 4.79 Å². The molecule has 2 N–H and O–H groups in total. The molecule has 1 atom stereocenters. The van der Waals surface area contributed by atoms with Crippen molar-refractivity contribution in [1.82, 2.24) is 10.2 Å². The lowest BCUT2D eigenvalue weighted by Gasteiger charge is -2.24. The summed E-state index contributed by atoms with van der Waals surface area (Å²) in [6.45, 7) is 7.37. The summed E-state index contributed by atoms with van der Waals surface area (Å²) in [6, 6.07) is -0.415. The molecular formula is C13H26N2O3. The molecule has 0 aliphatic carbocycles. The molecule has 0 aromatic carbocycles. The quantitative estimate of drug-likeness (QED) is 0.667. The predicted molar refractivity (Wildman–Crippen MR) is 71.6 cm³/mol. The van der Waals surface area contributed by atoms with Crippen molar-refractivity contribution in [1.29, 1.82) is 0 Å². The van der Waals surface area contributed by atoms with Crippen LogP contribution in [0.2, 0.25) is 0 Å². The molecule has 0 heterocycles. The third-order valence-corrected chi connectivity index (χ3v) is 2.84. The van der Waals surface area contributed by atoms with Crippen LogP contribution in [0.5, 0.6) is 0 Å². The average molecular weight is 258 g/mol. The highest BCUT2D eigenvalue weighted by Gasteiger charge is 2.18. The largest absolute Gasteiger partial charge is 0.481 e. The summed E-state index contributed by atoms with van der Waals surface area (Å²) < 4.78 is 0. The summed E-state index contributed by atoms with van der Waals surface area (Å²) >= 11 is 0. The minimum atomic E-state index is -0.870. The van der Waals surface area contributed by atoms with Gasteiger partial charge in [0.25, 0.3) is 0 Å². The van der Waals surface area contributed by atoms with Gasteiger partial charge < -0.3 is 15.3 Å². The van der Waals surface area contributed by atoms with Crippen LogP contribution in [0.25, 0.3) is 0 Å². The summed E-state index contributed by atoms with van der Waals surface area (Å²) in [4.78, 5) is 24.4. The summed E-state index contributed by atoms with van der Waals surface area (Å²) in [6.07, 6.45) is 3.56. The Morgan fingerprint density at radius 2 is 1.89 bits per heavy atom. The van der Waals surface area contributed by atoms with E-state index in [4.69, 9.17) is 5.11 Å². The number of carbonyl (C=O) groups is 2. The van der Waals surface area contributed by atoms with Crippen LogP contribution in [0.1, 0.15) is 52.9 Å². The van der Waals surface area contributed by atoms with E-state index in [0.717, 1.165) is 25.8 Å². The average Bonchev–Trinajstić information content (AvgIpc) is 2.29. The Morgan fingerprint density at radius 1 is 1.22 bits per heavy atom. The number of hydrogen-bond acceptors (Lipinski definition) is 2. The first kappa shape index (κ1) is 16.7. The number of carbonyl (C=O) groups excluding carboxylic acids is 1. The van der Waals surface area contributed by atoms with Crippen LogP contribution < -0.4 is 5.32 Å². The molecule has 5 heteroatoms. The van der Waals surface area contributed by atoms with Crippen LogP contribution in [0.15, 0.2) is 0 Å². The van der Waals surface area contributed by atoms with Gasteiger partial charge in [-0.05, 0) is 19.8 Å². The summed E-state index contributed by atoms with van der Waals surface area (Å²) in [5, 5.41) is 11.6. The molecule has 5 nitrogen and oxygen atoms in total. The Balaban J connectivity index is 4.31. The Bertz CT molecular complexity index is 257. The third kappa shape index (κ3) is 7.14. The third-order valence-electron chi connectivity index (χ3n) is 2.84. The fraction of sp³-hybridized carbons (Fsp3) is 0.846. The highest BCUT2D eigenvalue weighted by molar-refractivity contribution is 5.75. The number of aliphatic carboxylic acids is 1. The van der Waals surface area contributed by atoms with E-state index in [-0.39, 0.29) is 18.5 Å². The van der Waals surface area contributed by atoms with Gasteiger partial charge in [-0.2, -0.15) is 0 Å². The van der Waals surface area contributed by atoms with Crippen LogP contribution in [-0.4, -0.2) is 41.1 Å². The van der Waals surface area contributed by atoms with Crippen molar-refractivity contribution in [2.45, 2.75) is 58.9 Å². The number of carboxylic acid groups (broad SMARTS) is 1. The number of rotatable bonds is 9. The molecule has 0 aromatic rings. The Hall–Kier alpha value is -1.26. The molecule has 18 heavy (non-hydrogen) atoms. The molecule has 0 aliphatic heterocycles. The maximum Gasteiger partial charge on any atom is 0.317 e. The van der Waals surface area contributed by atoms with Gasteiger partial charge in [-0.15, -0.1) is 0 Å². The molecule has 0 spiro atoms. The predicted octanol–water partition coefficient (Wildman–Crippen LogP) is 2.46. The number of carboxylic acids is 1. The Morgan fingerprint density at radius 3 is 2.33 bits per heavy atom. The zero-order chi connectivity index (χ0) is 14.0. The zero-order valence-electron chi connectivity index (χ0n) is 11.7. The van der Waals surface area contributed by atoms with E-state index < -0.39 is 5.97 Å². The molecule has 2 amide bonds. The monoisotopic (exact) mass is 258 g/mol. The molecule has 0 rings (SSSR count). The molecule has 0 aliphatic rings. The number of unbranched alkanes of at least 4 members (excludes halogenated alkanes) is 1. The lowest BCUT2D eigenvalue weighted by molar-refractivity contribution is -0.137. The van der Waals surface area contributed by atoms with E-state index >= 15 is 0 Å². The second kappa shape index (κ2) is 9.74. The minimum absolute atomic E-state index is 0.00902. The van der Waals surface area contributed by atoms with Crippen molar-refractivity contribution >= 4 is 12.0 Å². The van der Waals surface area contributed by atoms with E-state index in [1.165, 1.54) is 0 Å². The highest BCUT2D eigenvalue weighted by Crippen LogP contribution is 2.04. The van der Waals surface area contributed by atoms with E-state index in [1.807, 2.05) is 13.8 Å². The van der Waals surface area contributed by atoms with Crippen molar-refractivity contribution in [2.75, 3.05) is 13.1 Å². The van der Waals surface area contributed by atoms with Gasteiger partial charge in [0.2, 0.25) is 0 Å². The molecular weight excluding hydrogens is 232 g/mol. The maximum atomic E-state index is 12.0. The topological polar surface area (TPSA) is 69.6 Å². The molecule has 106 valence electrons. The van der Waals surface area contributed by atoms with E-state index in [9.17, 15) is 9.59 Å². The smallest absolute Gasteiger partial charge is 0.317 e.